The topological polar surface area (TPSA) is 12.0 Å². The molecule has 1 aliphatic carbocycles. The Hall–Kier alpha value is -2.38. The highest BCUT2D eigenvalue weighted by Gasteiger charge is 2.22. The van der Waals surface area contributed by atoms with Crippen LogP contribution >= 0.6 is 0 Å². The molecular formula is C24H25N. The molecule has 3 aromatic carbocycles. The fraction of sp³-hybridized carbons (Fsp3) is 0.250. The summed E-state index contributed by atoms with van der Waals surface area (Å²) in [4.78, 5) is 0. The standard InChI is InChI=1S/C24H25N/c1-2-3-16-25-17-24-21-11-7-5-9-19(21)13-15-23(24)22-14-12-18-8-4-6-10-20(18)22/h4-15,22,25H,2-3,16-17H2,1H3. The molecule has 25 heavy (non-hydrogen) atoms. The van der Waals surface area contributed by atoms with Crippen molar-refractivity contribution < 1.29 is 0 Å². The molecule has 0 saturated carbocycles. The third-order valence-corrected chi connectivity index (χ3v) is 5.22. The molecule has 1 atom stereocenters. The molecule has 0 bridgehead atoms. The summed E-state index contributed by atoms with van der Waals surface area (Å²) in [6.07, 6.45) is 7.08. The smallest absolute Gasteiger partial charge is 0.0282 e. The summed E-state index contributed by atoms with van der Waals surface area (Å²) in [6.45, 7) is 4.25. The van der Waals surface area contributed by atoms with Crippen molar-refractivity contribution in [2.75, 3.05) is 6.54 Å². The van der Waals surface area contributed by atoms with E-state index in [1.807, 2.05) is 0 Å². The van der Waals surface area contributed by atoms with Crippen LogP contribution in [0.3, 0.4) is 0 Å². The number of hydrogen-bond donors (Lipinski definition) is 1. The number of unbranched alkanes of at least 4 members (excludes halogenated alkanes) is 1. The molecule has 1 unspecified atom stereocenters. The maximum absolute atomic E-state index is 3.66. The van der Waals surface area contributed by atoms with Gasteiger partial charge in [0, 0.05) is 12.5 Å². The first-order valence-corrected chi connectivity index (χ1v) is 9.37. The highest BCUT2D eigenvalue weighted by atomic mass is 14.8. The van der Waals surface area contributed by atoms with E-state index in [2.05, 4.69) is 85.1 Å². The average Bonchev–Trinajstić information content (AvgIpc) is 3.09. The SMILES string of the molecule is CCCCNCc1c(C2C=Cc3ccccc32)ccc2ccccc12. The third-order valence-electron chi connectivity index (χ3n) is 5.22. The minimum atomic E-state index is 0.365. The van der Waals surface area contributed by atoms with E-state index in [1.165, 1.54) is 45.9 Å². The van der Waals surface area contributed by atoms with E-state index in [1.54, 1.807) is 0 Å². The Labute approximate surface area is 150 Å². The first kappa shape index (κ1) is 16.1. The lowest BCUT2D eigenvalue weighted by atomic mass is 9.87. The Kier molecular flexibility index (Phi) is 4.67. The molecule has 1 nitrogen and oxygen atoms in total. The van der Waals surface area contributed by atoms with Crippen LogP contribution in [0.15, 0.2) is 66.7 Å². The van der Waals surface area contributed by atoms with Crippen LogP contribution in [-0.4, -0.2) is 6.54 Å². The first-order chi connectivity index (χ1) is 12.4. The zero-order valence-corrected chi connectivity index (χ0v) is 14.8. The highest BCUT2D eigenvalue weighted by Crippen LogP contribution is 2.38. The van der Waals surface area contributed by atoms with Crippen molar-refractivity contribution in [3.05, 3.63) is 89.0 Å². The highest BCUT2D eigenvalue weighted by molar-refractivity contribution is 5.87. The van der Waals surface area contributed by atoms with Crippen molar-refractivity contribution in [2.45, 2.75) is 32.2 Å². The van der Waals surface area contributed by atoms with Gasteiger partial charge in [-0.3, -0.25) is 0 Å². The lowest BCUT2D eigenvalue weighted by Crippen LogP contribution is -2.16. The van der Waals surface area contributed by atoms with Gasteiger partial charge in [0.2, 0.25) is 0 Å². The van der Waals surface area contributed by atoms with Gasteiger partial charge in [-0.2, -0.15) is 0 Å². The van der Waals surface area contributed by atoms with E-state index < -0.39 is 0 Å². The minimum absolute atomic E-state index is 0.365. The Morgan fingerprint density at radius 2 is 1.72 bits per heavy atom. The van der Waals surface area contributed by atoms with Crippen molar-refractivity contribution in [1.29, 1.82) is 0 Å². The van der Waals surface area contributed by atoms with E-state index in [4.69, 9.17) is 0 Å². The Bertz CT molecular complexity index is 907. The molecule has 3 aromatic rings. The molecule has 4 rings (SSSR count). The summed E-state index contributed by atoms with van der Waals surface area (Å²) in [7, 11) is 0. The number of nitrogens with one attached hydrogen (secondary N) is 1. The predicted molar refractivity (Wildman–Crippen MR) is 108 cm³/mol. The second kappa shape index (κ2) is 7.25. The van der Waals surface area contributed by atoms with Crippen molar-refractivity contribution in [3.8, 4) is 0 Å². The van der Waals surface area contributed by atoms with Crippen molar-refractivity contribution in [3.63, 3.8) is 0 Å². The number of allylic oxidation sites excluding steroid dienone is 1. The van der Waals surface area contributed by atoms with Crippen molar-refractivity contribution in [1.82, 2.24) is 5.32 Å². The van der Waals surface area contributed by atoms with Crippen LogP contribution < -0.4 is 5.32 Å². The maximum atomic E-state index is 3.66. The quantitative estimate of drug-likeness (QED) is 0.557. The van der Waals surface area contributed by atoms with Crippen molar-refractivity contribution in [2.24, 2.45) is 0 Å². The summed E-state index contributed by atoms with van der Waals surface area (Å²) in [5.41, 5.74) is 5.66. The van der Waals surface area contributed by atoms with E-state index in [9.17, 15) is 0 Å². The predicted octanol–water partition coefficient (Wildman–Crippen LogP) is 5.89. The Balaban J connectivity index is 1.77. The lowest BCUT2D eigenvalue weighted by molar-refractivity contribution is 0.640. The molecule has 0 amide bonds. The largest absolute Gasteiger partial charge is 0.313 e. The molecule has 126 valence electrons. The van der Waals surface area contributed by atoms with Gasteiger partial charge < -0.3 is 5.32 Å². The van der Waals surface area contributed by atoms with Gasteiger partial charge >= 0.3 is 0 Å². The summed E-state index contributed by atoms with van der Waals surface area (Å²) in [6, 6.07) is 22.1. The van der Waals surface area contributed by atoms with Crippen LogP contribution in [0.4, 0.5) is 0 Å². The summed E-state index contributed by atoms with van der Waals surface area (Å²) in [5.74, 6) is 0.365. The molecule has 0 heterocycles. The van der Waals surface area contributed by atoms with Gasteiger partial charge in [-0.1, -0.05) is 86.2 Å². The van der Waals surface area contributed by atoms with Crippen LogP contribution in [0.1, 0.15) is 47.9 Å². The zero-order valence-electron chi connectivity index (χ0n) is 14.8. The van der Waals surface area contributed by atoms with Gasteiger partial charge in [0.25, 0.3) is 0 Å². The van der Waals surface area contributed by atoms with Crippen LogP contribution in [0.5, 0.6) is 0 Å². The summed E-state index contributed by atoms with van der Waals surface area (Å²) in [5, 5.41) is 6.36. The van der Waals surface area contributed by atoms with Gasteiger partial charge in [-0.25, -0.2) is 0 Å². The molecule has 1 N–H and O–H groups in total. The Morgan fingerprint density at radius 3 is 2.64 bits per heavy atom. The second-order valence-electron chi connectivity index (χ2n) is 6.85. The second-order valence-corrected chi connectivity index (χ2v) is 6.85. The van der Waals surface area contributed by atoms with Gasteiger partial charge in [0.05, 0.1) is 0 Å². The number of rotatable bonds is 6. The monoisotopic (exact) mass is 327 g/mol. The number of hydrogen-bond acceptors (Lipinski definition) is 1. The van der Waals surface area contributed by atoms with Crippen molar-refractivity contribution >= 4 is 16.8 Å². The molecule has 0 aliphatic heterocycles. The van der Waals surface area contributed by atoms with Crippen LogP contribution in [-0.2, 0) is 6.54 Å². The molecule has 0 aromatic heterocycles. The van der Waals surface area contributed by atoms with Gasteiger partial charge in [0.15, 0.2) is 0 Å². The van der Waals surface area contributed by atoms with Crippen LogP contribution in [0, 0.1) is 0 Å². The van der Waals surface area contributed by atoms with Crippen LogP contribution in [0.2, 0.25) is 0 Å². The van der Waals surface area contributed by atoms with Gasteiger partial charge in [0.1, 0.15) is 0 Å². The molecule has 0 fully saturated rings. The summed E-state index contributed by atoms with van der Waals surface area (Å²) < 4.78 is 0. The fourth-order valence-electron chi connectivity index (χ4n) is 3.88. The first-order valence-electron chi connectivity index (χ1n) is 9.37. The molecule has 0 saturated heterocycles. The fourth-order valence-corrected chi connectivity index (χ4v) is 3.88. The Morgan fingerprint density at radius 1 is 0.880 bits per heavy atom. The van der Waals surface area contributed by atoms with Gasteiger partial charge in [-0.05, 0) is 46.0 Å². The third kappa shape index (κ3) is 3.12. The van der Waals surface area contributed by atoms with E-state index >= 15 is 0 Å². The molecule has 1 heteroatoms. The lowest BCUT2D eigenvalue weighted by Gasteiger charge is -2.19. The number of fused-ring (bicyclic) bond motifs is 2. The van der Waals surface area contributed by atoms with E-state index in [0.717, 1.165) is 13.1 Å². The molecule has 0 spiro atoms. The van der Waals surface area contributed by atoms with Gasteiger partial charge in [-0.15, -0.1) is 0 Å². The summed E-state index contributed by atoms with van der Waals surface area (Å²) >= 11 is 0. The zero-order chi connectivity index (χ0) is 17.1. The molecule has 0 radical (unpaired) electrons. The van der Waals surface area contributed by atoms with Crippen LogP contribution in [0.25, 0.3) is 16.8 Å². The normalized spacial score (nSPS) is 15.6. The van der Waals surface area contributed by atoms with E-state index in [-0.39, 0.29) is 0 Å². The molecular weight excluding hydrogens is 302 g/mol. The number of benzene rings is 3. The van der Waals surface area contributed by atoms with E-state index in [0.29, 0.717) is 5.92 Å². The minimum Gasteiger partial charge on any atom is -0.313 e. The average molecular weight is 327 g/mol. The maximum Gasteiger partial charge on any atom is 0.0282 e. The molecule has 1 aliphatic rings.